The van der Waals surface area contributed by atoms with Crippen LogP contribution in [-0.4, -0.2) is 46.1 Å². The molecule has 116 valence electrons. The first kappa shape index (κ1) is 16.7. The lowest BCUT2D eigenvalue weighted by Crippen LogP contribution is -2.45. The third-order valence-electron chi connectivity index (χ3n) is 3.36. The van der Waals surface area contributed by atoms with Crippen LogP contribution in [-0.2, 0) is 14.4 Å². The second-order valence-corrected chi connectivity index (χ2v) is 4.89. The van der Waals surface area contributed by atoms with E-state index in [1.807, 2.05) is 0 Å². The summed E-state index contributed by atoms with van der Waals surface area (Å²) in [6, 6.07) is -1.24. The summed E-state index contributed by atoms with van der Waals surface area (Å²) in [5.74, 6) is -2.50. The quantitative estimate of drug-likeness (QED) is 0.306. The first-order valence-electron chi connectivity index (χ1n) is 6.31. The number of carbonyl (C=O) groups excluding carboxylic acids is 2. The Balaban J connectivity index is 2.98. The van der Waals surface area contributed by atoms with Crippen LogP contribution in [0.15, 0.2) is 23.7 Å². The number of hydrogen-bond donors (Lipinski definition) is 5. The molecule has 0 bridgehead atoms. The molecule has 0 saturated heterocycles. The molecular weight excluding hydrogens is 280 g/mol. The predicted octanol–water partition coefficient (Wildman–Crippen LogP) is -0.232. The molecule has 0 radical (unpaired) electrons. The van der Waals surface area contributed by atoms with Crippen LogP contribution in [0.25, 0.3) is 0 Å². The van der Waals surface area contributed by atoms with Crippen LogP contribution >= 0.6 is 0 Å². The number of carboxylic acids is 1. The van der Waals surface area contributed by atoms with E-state index in [1.165, 1.54) is 12.2 Å². The van der Waals surface area contributed by atoms with Gasteiger partial charge in [0.05, 0.1) is 17.9 Å². The number of ketones is 1. The van der Waals surface area contributed by atoms with E-state index < -0.39 is 29.6 Å². The maximum absolute atomic E-state index is 12.4. The van der Waals surface area contributed by atoms with Gasteiger partial charge in [-0.25, -0.2) is 0 Å². The minimum absolute atomic E-state index is 0.131. The average molecular weight is 298 g/mol. The molecule has 6 N–H and O–H groups in total. The van der Waals surface area contributed by atoms with Gasteiger partial charge >= 0.3 is 5.97 Å². The van der Waals surface area contributed by atoms with E-state index in [1.54, 1.807) is 0 Å². The van der Waals surface area contributed by atoms with Gasteiger partial charge in [0.25, 0.3) is 0 Å². The molecule has 0 aromatic carbocycles. The maximum atomic E-state index is 12.4. The van der Waals surface area contributed by atoms with Crippen LogP contribution < -0.4 is 11.1 Å². The standard InChI is InChI=1S/C13H18N2O6/c14-8(5-11(19)20)12(21)13(3-4-15-7-16)2-1-9(17)10(18)6-13/h1-2,7-8,17-18H,3-6,14H2,(H,15,16)(H,19,20)/t8-,13?/m0/s1. The normalized spacial score (nSPS) is 22.7. The third-order valence-corrected chi connectivity index (χ3v) is 3.36. The van der Waals surface area contributed by atoms with Crippen molar-refractivity contribution >= 4 is 18.2 Å². The van der Waals surface area contributed by atoms with Crippen molar-refractivity contribution in [3.05, 3.63) is 23.7 Å². The maximum Gasteiger partial charge on any atom is 0.305 e. The van der Waals surface area contributed by atoms with Gasteiger partial charge in [0, 0.05) is 13.0 Å². The first-order valence-corrected chi connectivity index (χ1v) is 6.31. The van der Waals surface area contributed by atoms with Crippen LogP contribution in [0.4, 0.5) is 0 Å². The molecule has 0 spiro atoms. The van der Waals surface area contributed by atoms with Crippen molar-refractivity contribution in [2.24, 2.45) is 11.1 Å². The average Bonchev–Trinajstić information content (AvgIpc) is 2.41. The Morgan fingerprint density at radius 2 is 2.14 bits per heavy atom. The Kier molecular flexibility index (Phi) is 5.48. The Morgan fingerprint density at radius 1 is 1.48 bits per heavy atom. The molecule has 1 amide bonds. The highest BCUT2D eigenvalue weighted by atomic mass is 16.4. The van der Waals surface area contributed by atoms with Crippen molar-refractivity contribution in [2.45, 2.75) is 25.3 Å². The van der Waals surface area contributed by atoms with Crippen LogP contribution in [0.3, 0.4) is 0 Å². The number of aliphatic hydroxyl groups is 2. The second-order valence-electron chi connectivity index (χ2n) is 4.89. The van der Waals surface area contributed by atoms with Gasteiger partial charge in [-0.2, -0.15) is 0 Å². The van der Waals surface area contributed by atoms with Crippen molar-refractivity contribution in [1.29, 1.82) is 0 Å². The summed E-state index contributed by atoms with van der Waals surface area (Å²) < 4.78 is 0. The van der Waals surface area contributed by atoms with Gasteiger partial charge in [0.15, 0.2) is 11.5 Å². The molecule has 0 fully saturated rings. The Bertz CT molecular complexity index is 499. The molecule has 0 saturated carbocycles. The Labute approximate surface area is 120 Å². The molecule has 8 heteroatoms. The molecule has 0 aromatic rings. The molecule has 1 rings (SSSR count). The number of amides is 1. The summed E-state index contributed by atoms with van der Waals surface area (Å²) in [6.07, 6.45) is 2.43. The number of hydrogen-bond acceptors (Lipinski definition) is 6. The number of nitrogens with two attached hydrogens (primary N) is 1. The lowest BCUT2D eigenvalue weighted by Gasteiger charge is -2.33. The highest BCUT2D eigenvalue weighted by Crippen LogP contribution is 2.37. The van der Waals surface area contributed by atoms with Crippen LogP contribution in [0.5, 0.6) is 0 Å². The van der Waals surface area contributed by atoms with E-state index in [0.29, 0.717) is 6.41 Å². The van der Waals surface area contributed by atoms with Gasteiger partial charge in [0.2, 0.25) is 6.41 Å². The zero-order valence-corrected chi connectivity index (χ0v) is 11.3. The molecule has 8 nitrogen and oxygen atoms in total. The van der Waals surface area contributed by atoms with E-state index >= 15 is 0 Å². The summed E-state index contributed by atoms with van der Waals surface area (Å²) in [6.45, 7) is 0.146. The Hall–Kier alpha value is -2.35. The molecule has 1 aliphatic carbocycles. The number of carboxylic acid groups (broad SMARTS) is 1. The second kappa shape index (κ2) is 6.89. The summed E-state index contributed by atoms with van der Waals surface area (Å²) in [4.78, 5) is 33.4. The summed E-state index contributed by atoms with van der Waals surface area (Å²) >= 11 is 0. The van der Waals surface area contributed by atoms with Crippen LogP contribution in [0.2, 0.25) is 0 Å². The van der Waals surface area contributed by atoms with Gasteiger partial charge in [0.1, 0.15) is 5.76 Å². The Morgan fingerprint density at radius 3 is 2.67 bits per heavy atom. The molecular formula is C13H18N2O6. The fourth-order valence-electron chi connectivity index (χ4n) is 2.25. The van der Waals surface area contributed by atoms with Crippen molar-refractivity contribution in [2.75, 3.05) is 6.54 Å². The number of Topliss-reactive ketones (excluding diaryl/α,β-unsaturated/α-hetero) is 1. The number of nitrogens with one attached hydrogen (secondary N) is 1. The lowest BCUT2D eigenvalue weighted by molar-refractivity contribution is -0.140. The predicted molar refractivity (Wildman–Crippen MR) is 72.4 cm³/mol. The molecule has 1 unspecified atom stereocenters. The lowest BCUT2D eigenvalue weighted by atomic mass is 9.71. The molecule has 0 heterocycles. The molecule has 0 aliphatic heterocycles. The minimum Gasteiger partial charge on any atom is -0.508 e. The van der Waals surface area contributed by atoms with Crippen molar-refractivity contribution in [3.8, 4) is 0 Å². The summed E-state index contributed by atoms with van der Waals surface area (Å²) in [7, 11) is 0. The van der Waals surface area contributed by atoms with Crippen molar-refractivity contribution in [1.82, 2.24) is 5.32 Å². The van der Waals surface area contributed by atoms with Gasteiger partial charge in [-0.3, -0.25) is 14.4 Å². The molecule has 2 atom stereocenters. The molecule has 0 aromatic heterocycles. The van der Waals surface area contributed by atoms with Crippen LogP contribution in [0, 0.1) is 5.41 Å². The monoisotopic (exact) mass is 298 g/mol. The van der Waals surface area contributed by atoms with Gasteiger partial charge in [-0.15, -0.1) is 0 Å². The fourth-order valence-corrected chi connectivity index (χ4v) is 2.25. The van der Waals surface area contributed by atoms with Gasteiger partial charge in [-0.1, -0.05) is 6.08 Å². The van der Waals surface area contributed by atoms with E-state index in [-0.39, 0.29) is 30.9 Å². The third kappa shape index (κ3) is 4.06. The molecule has 1 aliphatic rings. The number of aliphatic hydroxyl groups excluding tert-OH is 2. The van der Waals surface area contributed by atoms with E-state index in [9.17, 15) is 24.6 Å². The highest BCUT2D eigenvalue weighted by molar-refractivity contribution is 5.94. The van der Waals surface area contributed by atoms with E-state index in [4.69, 9.17) is 10.8 Å². The van der Waals surface area contributed by atoms with Crippen LogP contribution in [0.1, 0.15) is 19.3 Å². The van der Waals surface area contributed by atoms with Gasteiger partial charge in [-0.05, 0) is 12.5 Å². The number of aliphatic carboxylic acids is 1. The highest BCUT2D eigenvalue weighted by Gasteiger charge is 2.41. The number of carbonyl (C=O) groups is 3. The zero-order chi connectivity index (χ0) is 16.0. The SMILES string of the molecule is N[C@@H](CC(=O)O)C(=O)C1(CCNC=O)C=CC(O)=C(O)C1. The largest absolute Gasteiger partial charge is 0.508 e. The van der Waals surface area contributed by atoms with Crippen molar-refractivity contribution < 1.29 is 29.7 Å². The van der Waals surface area contributed by atoms with Gasteiger partial charge < -0.3 is 26.4 Å². The number of allylic oxidation sites excluding steroid dienone is 3. The topological polar surface area (TPSA) is 150 Å². The fraction of sp³-hybridized carbons (Fsp3) is 0.462. The van der Waals surface area contributed by atoms with E-state index in [2.05, 4.69) is 5.32 Å². The van der Waals surface area contributed by atoms with E-state index in [0.717, 1.165) is 0 Å². The summed E-state index contributed by atoms with van der Waals surface area (Å²) in [5, 5.41) is 30.2. The minimum atomic E-state index is -1.25. The zero-order valence-electron chi connectivity index (χ0n) is 11.3. The first-order chi connectivity index (χ1) is 9.82. The summed E-state index contributed by atoms with van der Waals surface area (Å²) in [5.41, 5.74) is 4.36. The smallest absolute Gasteiger partial charge is 0.305 e. The van der Waals surface area contributed by atoms with Crippen molar-refractivity contribution in [3.63, 3.8) is 0 Å². The number of rotatable bonds is 8. The molecule has 21 heavy (non-hydrogen) atoms.